The Bertz CT molecular complexity index is 1340. The fourth-order valence-corrected chi connectivity index (χ4v) is 3.83. The minimum absolute atomic E-state index is 0.0792. The molecule has 5 rings (SSSR count). The average molecular weight is 469 g/mol. The van der Waals surface area contributed by atoms with Crippen LogP contribution in [0.1, 0.15) is 45.9 Å². The maximum atomic E-state index is 14.5. The summed E-state index contributed by atoms with van der Waals surface area (Å²) in [5, 5.41) is 2.75. The van der Waals surface area contributed by atoms with Gasteiger partial charge in [0.05, 0.1) is 36.4 Å². The van der Waals surface area contributed by atoms with Gasteiger partial charge in [-0.2, -0.15) is 0 Å². The van der Waals surface area contributed by atoms with E-state index in [1.54, 1.807) is 24.4 Å². The van der Waals surface area contributed by atoms with Crippen LogP contribution in [0.25, 0.3) is 11.3 Å². The topological polar surface area (TPSA) is 90.1 Å². The van der Waals surface area contributed by atoms with E-state index in [4.69, 9.17) is 10.5 Å². The summed E-state index contributed by atoms with van der Waals surface area (Å²) in [5.74, 6) is -0.401. The number of amides is 1. The summed E-state index contributed by atoms with van der Waals surface area (Å²) in [6.07, 6.45) is 3.76. The molecule has 176 valence electrons. The molecule has 1 fully saturated rings. The highest BCUT2D eigenvalue weighted by Crippen LogP contribution is 2.41. The van der Waals surface area contributed by atoms with Crippen molar-refractivity contribution >= 4 is 17.4 Å². The Balaban J connectivity index is 1.23. The summed E-state index contributed by atoms with van der Waals surface area (Å²) in [4.78, 5) is 21.7. The van der Waals surface area contributed by atoms with Crippen LogP contribution in [0.3, 0.4) is 0 Å². The van der Waals surface area contributed by atoms with E-state index in [0.717, 1.165) is 29.7 Å². The molecular formula is C28H25FN4O2. The largest absolute Gasteiger partial charge is 0.382 e. The number of rotatable bonds is 8. The first-order chi connectivity index (χ1) is 17.1. The van der Waals surface area contributed by atoms with E-state index in [9.17, 15) is 9.18 Å². The third kappa shape index (κ3) is 5.53. The van der Waals surface area contributed by atoms with Crippen LogP contribution in [0.15, 0.2) is 79.0 Å². The Morgan fingerprint density at radius 2 is 1.71 bits per heavy atom. The van der Waals surface area contributed by atoms with E-state index >= 15 is 0 Å². The molecule has 1 aliphatic carbocycles. The maximum absolute atomic E-state index is 14.5. The van der Waals surface area contributed by atoms with Crippen molar-refractivity contribution < 1.29 is 13.9 Å². The van der Waals surface area contributed by atoms with Gasteiger partial charge in [-0.25, -0.2) is 9.37 Å². The number of carbonyl (C=O) groups is 1. The molecule has 0 bridgehead atoms. The monoisotopic (exact) mass is 468 g/mol. The van der Waals surface area contributed by atoms with Crippen molar-refractivity contribution in [1.82, 2.24) is 9.97 Å². The maximum Gasteiger partial charge on any atom is 0.258 e. The summed E-state index contributed by atoms with van der Waals surface area (Å²) >= 11 is 0. The summed E-state index contributed by atoms with van der Waals surface area (Å²) in [5.41, 5.74) is 10.5. The molecule has 0 radical (unpaired) electrons. The third-order valence-corrected chi connectivity index (χ3v) is 5.89. The molecule has 1 saturated carbocycles. The minimum Gasteiger partial charge on any atom is -0.382 e. The number of nitrogens with two attached hydrogens (primary N) is 1. The second-order valence-corrected chi connectivity index (χ2v) is 8.62. The van der Waals surface area contributed by atoms with Gasteiger partial charge >= 0.3 is 0 Å². The number of nitrogens with zero attached hydrogens (tertiary/aromatic N) is 2. The van der Waals surface area contributed by atoms with Crippen LogP contribution in [0.5, 0.6) is 0 Å². The molecule has 0 atom stereocenters. The standard InChI is InChI=1S/C28H25FN4O2/c29-24-13-10-21(25-15-31-26(20-8-9-20)27(30)33-25)14-23(24)28(34)32-22-11-6-19(7-12-22)17-35-16-18-4-2-1-3-5-18/h1-7,10-15,20H,8-9,16-17H2,(H2,30,33)(H,32,34). The number of ether oxygens (including phenoxy) is 1. The number of anilines is 2. The van der Waals surface area contributed by atoms with Gasteiger partial charge in [-0.15, -0.1) is 0 Å². The van der Waals surface area contributed by atoms with E-state index < -0.39 is 11.7 Å². The molecule has 0 aliphatic heterocycles. The number of hydrogen-bond acceptors (Lipinski definition) is 5. The van der Waals surface area contributed by atoms with Crippen molar-refractivity contribution in [2.75, 3.05) is 11.1 Å². The predicted octanol–water partition coefficient (Wildman–Crippen LogP) is 5.71. The molecule has 3 N–H and O–H groups in total. The lowest BCUT2D eigenvalue weighted by Gasteiger charge is -2.10. The van der Waals surface area contributed by atoms with Crippen LogP contribution in [-0.2, 0) is 18.0 Å². The smallest absolute Gasteiger partial charge is 0.258 e. The molecule has 0 saturated heterocycles. The zero-order valence-corrected chi connectivity index (χ0v) is 19.1. The molecule has 7 heteroatoms. The zero-order chi connectivity index (χ0) is 24.2. The predicted molar refractivity (Wildman–Crippen MR) is 133 cm³/mol. The van der Waals surface area contributed by atoms with Gasteiger partial charge in [-0.3, -0.25) is 9.78 Å². The number of halogens is 1. The minimum atomic E-state index is -0.618. The molecular weight excluding hydrogens is 443 g/mol. The molecule has 35 heavy (non-hydrogen) atoms. The van der Waals surface area contributed by atoms with Crippen LogP contribution in [-0.4, -0.2) is 15.9 Å². The molecule has 1 aliphatic rings. The van der Waals surface area contributed by atoms with Crippen molar-refractivity contribution in [2.24, 2.45) is 0 Å². The molecule has 6 nitrogen and oxygen atoms in total. The van der Waals surface area contributed by atoms with E-state index in [2.05, 4.69) is 15.3 Å². The number of nitrogen functional groups attached to an aromatic ring is 1. The molecule has 0 spiro atoms. The van der Waals surface area contributed by atoms with E-state index in [-0.39, 0.29) is 5.56 Å². The van der Waals surface area contributed by atoms with E-state index in [1.807, 2.05) is 42.5 Å². The Morgan fingerprint density at radius 1 is 1.00 bits per heavy atom. The lowest BCUT2D eigenvalue weighted by atomic mass is 10.1. The van der Waals surface area contributed by atoms with Crippen molar-refractivity contribution in [3.8, 4) is 11.3 Å². The molecule has 4 aromatic rings. The summed E-state index contributed by atoms with van der Waals surface area (Å²) < 4.78 is 20.2. The summed E-state index contributed by atoms with van der Waals surface area (Å²) in [6.45, 7) is 0.970. The van der Waals surface area contributed by atoms with Gasteiger partial charge in [0, 0.05) is 17.2 Å². The van der Waals surface area contributed by atoms with Crippen molar-refractivity contribution in [2.45, 2.75) is 32.0 Å². The molecule has 1 heterocycles. The van der Waals surface area contributed by atoms with Crippen LogP contribution >= 0.6 is 0 Å². The van der Waals surface area contributed by atoms with Gasteiger partial charge in [0.25, 0.3) is 5.91 Å². The van der Waals surface area contributed by atoms with Gasteiger partial charge in [0.15, 0.2) is 0 Å². The molecule has 3 aromatic carbocycles. The van der Waals surface area contributed by atoms with Crippen LogP contribution in [0, 0.1) is 5.82 Å². The quantitative estimate of drug-likeness (QED) is 0.346. The fourth-order valence-electron chi connectivity index (χ4n) is 3.83. The van der Waals surface area contributed by atoms with Crippen molar-refractivity contribution in [1.29, 1.82) is 0 Å². The molecule has 1 aromatic heterocycles. The molecule has 1 amide bonds. The Labute approximate surface area is 203 Å². The second kappa shape index (κ2) is 10.0. The Morgan fingerprint density at radius 3 is 2.40 bits per heavy atom. The van der Waals surface area contributed by atoms with Crippen molar-refractivity contribution in [3.63, 3.8) is 0 Å². The fraction of sp³-hybridized carbons (Fsp3) is 0.179. The molecule has 0 unspecified atom stereocenters. The van der Waals surface area contributed by atoms with Gasteiger partial charge in [0.1, 0.15) is 11.6 Å². The summed E-state index contributed by atoms with van der Waals surface area (Å²) in [6, 6.07) is 21.5. The Kier molecular flexibility index (Phi) is 6.50. The van der Waals surface area contributed by atoms with Gasteiger partial charge < -0.3 is 15.8 Å². The normalized spacial score (nSPS) is 12.9. The lowest BCUT2D eigenvalue weighted by molar-refractivity contribution is 0.102. The first-order valence-electron chi connectivity index (χ1n) is 11.5. The number of hydrogen-bond donors (Lipinski definition) is 2. The highest BCUT2D eigenvalue weighted by atomic mass is 19.1. The number of aromatic nitrogens is 2. The van der Waals surface area contributed by atoms with Crippen LogP contribution in [0.2, 0.25) is 0 Å². The number of benzene rings is 3. The second-order valence-electron chi connectivity index (χ2n) is 8.62. The first-order valence-corrected chi connectivity index (χ1v) is 11.5. The van der Waals surface area contributed by atoms with Gasteiger partial charge in [0.2, 0.25) is 0 Å². The van der Waals surface area contributed by atoms with Gasteiger partial charge in [-0.1, -0.05) is 42.5 Å². The van der Waals surface area contributed by atoms with Crippen LogP contribution in [0.4, 0.5) is 15.9 Å². The zero-order valence-electron chi connectivity index (χ0n) is 19.1. The highest BCUT2D eigenvalue weighted by molar-refractivity contribution is 6.05. The third-order valence-electron chi connectivity index (χ3n) is 5.89. The SMILES string of the molecule is Nc1nc(-c2ccc(F)c(C(=O)Nc3ccc(COCc4ccccc4)cc3)c2)cnc1C1CC1. The lowest BCUT2D eigenvalue weighted by Crippen LogP contribution is -2.14. The first kappa shape index (κ1) is 22.7. The number of carbonyl (C=O) groups excluding carboxylic acids is 1. The summed E-state index contributed by atoms with van der Waals surface area (Å²) in [7, 11) is 0. The van der Waals surface area contributed by atoms with E-state index in [0.29, 0.717) is 41.9 Å². The van der Waals surface area contributed by atoms with Crippen LogP contribution < -0.4 is 11.1 Å². The average Bonchev–Trinajstić information content (AvgIpc) is 3.71. The highest BCUT2D eigenvalue weighted by Gasteiger charge is 2.28. The van der Waals surface area contributed by atoms with Crippen molar-refractivity contribution in [3.05, 3.63) is 107 Å². The Hall–Kier alpha value is -4.10. The number of nitrogens with one attached hydrogen (secondary N) is 1. The van der Waals surface area contributed by atoms with Gasteiger partial charge in [-0.05, 0) is 54.3 Å². The van der Waals surface area contributed by atoms with E-state index in [1.165, 1.54) is 12.1 Å².